The summed E-state index contributed by atoms with van der Waals surface area (Å²) in [7, 11) is 0.173. The maximum absolute atomic E-state index is 12.1. The van der Waals surface area contributed by atoms with E-state index in [1.165, 1.54) is 0 Å². The van der Waals surface area contributed by atoms with Gasteiger partial charge in [-0.3, -0.25) is 4.79 Å². The first-order valence-corrected chi connectivity index (χ1v) is 9.38. The molecule has 0 saturated carbocycles. The van der Waals surface area contributed by atoms with Crippen LogP contribution in [0.25, 0.3) is 0 Å². The van der Waals surface area contributed by atoms with Gasteiger partial charge >= 0.3 is 0 Å². The van der Waals surface area contributed by atoms with Gasteiger partial charge in [0.2, 0.25) is 5.91 Å². The van der Waals surface area contributed by atoms with Gasteiger partial charge in [-0.1, -0.05) is 13.0 Å². The molecule has 1 aromatic rings. The SMILES string of the molecule is COc1ccc(C(C)CC(=O)NC2CCS(=O)(=O)C2)c(OC)c1. The number of carbonyl (C=O) groups is 1. The van der Waals surface area contributed by atoms with Gasteiger partial charge in [-0.05, 0) is 24.0 Å². The minimum absolute atomic E-state index is 0.0407. The Morgan fingerprint density at radius 1 is 1.35 bits per heavy atom. The summed E-state index contributed by atoms with van der Waals surface area (Å²) in [4.78, 5) is 12.1. The van der Waals surface area contributed by atoms with Crippen LogP contribution < -0.4 is 14.8 Å². The Bertz CT molecular complexity index is 671. The van der Waals surface area contributed by atoms with E-state index in [4.69, 9.17) is 9.47 Å². The number of ether oxygens (including phenoxy) is 2. The molecule has 2 unspecified atom stereocenters. The summed E-state index contributed by atoms with van der Waals surface area (Å²) in [5.74, 6) is 1.37. The van der Waals surface area contributed by atoms with Gasteiger partial charge in [0, 0.05) is 18.5 Å². The summed E-state index contributed by atoms with van der Waals surface area (Å²) in [6.45, 7) is 1.94. The van der Waals surface area contributed by atoms with Crippen molar-refractivity contribution in [2.75, 3.05) is 25.7 Å². The van der Waals surface area contributed by atoms with Crippen LogP contribution in [-0.4, -0.2) is 46.1 Å². The van der Waals surface area contributed by atoms with E-state index in [2.05, 4.69) is 5.32 Å². The van der Waals surface area contributed by atoms with Crippen LogP contribution >= 0.6 is 0 Å². The fourth-order valence-corrected chi connectivity index (χ4v) is 4.48. The van der Waals surface area contributed by atoms with Crippen LogP contribution in [-0.2, 0) is 14.6 Å². The second kappa shape index (κ2) is 7.21. The third-order valence-corrected chi connectivity index (χ3v) is 5.83. The molecule has 23 heavy (non-hydrogen) atoms. The Hall–Kier alpha value is -1.76. The molecule has 7 heteroatoms. The van der Waals surface area contributed by atoms with Crippen molar-refractivity contribution in [2.24, 2.45) is 0 Å². The lowest BCUT2D eigenvalue weighted by Crippen LogP contribution is -2.36. The van der Waals surface area contributed by atoms with Crippen molar-refractivity contribution in [3.8, 4) is 11.5 Å². The van der Waals surface area contributed by atoms with Crippen molar-refractivity contribution in [1.29, 1.82) is 0 Å². The highest BCUT2D eigenvalue weighted by atomic mass is 32.2. The molecule has 0 spiro atoms. The van der Waals surface area contributed by atoms with Gasteiger partial charge in [0.05, 0.1) is 25.7 Å². The monoisotopic (exact) mass is 341 g/mol. The van der Waals surface area contributed by atoms with Crippen molar-refractivity contribution < 1.29 is 22.7 Å². The highest BCUT2D eigenvalue weighted by Gasteiger charge is 2.29. The number of carbonyl (C=O) groups excluding carboxylic acids is 1. The Morgan fingerprint density at radius 3 is 2.65 bits per heavy atom. The molecule has 1 fully saturated rings. The summed E-state index contributed by atoms with van der Waals surface area (Å²) in [5.41, 5.74) is 0.919. The van der Waals surface area contributed by atoms with Gasteiger partial charge in [-0.25, -0.2) is 8.42 Å². The standard InChI is InChI=1S/C16H23NO5S/c1-11(14-5-4-13(21-2)9-15(14)22-3)8-16(18)17-12-6-7-23(19,20)10-12/h4-5,9,11-12H,6-8,10H2,1-3H3,(H,17,18). The van der Waals surface area contributed by atoms with E-state index >= 15 is 0 Å². The molecule has 0 aliphatic carbocycles. The van der Waals surface area contributed by atoms with Gasteiger partial charge in [0.15, 0.2) is 9.84 Å². The van der Waals surface area contributed by atoms with E-state index in [-0.39, 0.29) is 35.8 Å². The number of hydrogen-bond acceptors (Lipinski definition) is 5. The first-order valence-electron chi connectivity index (χ1n) is 7.56. The summed E-state index contributed by atoms with van der Waals surface area (Å²) in [5, 5.41) is 2.81. The largest absolute Gasteiger partial charge is 0.497 e. The Kier molecular flexibility index (Phi) is 5.51. The smallest absolute Gasteiger partial charge is 0.220 e. The van der Waals surface area contributed by atoms with Crippen LogP contribution in [0.1, 0.15) is 31.2 Å². The molecular weight excluding hydrogens is 318 g/mol. The van der Waals surface area contributed by atoms with Gasteiger partial charge in [-0.15, -0.1) is 0 Å². The van der Waals surface area contributed by atoms with Crippen LogP contribution in [0.15, 0.2) is 18.2 Å². The predicted molar refractivity (Wildman–Crippen MR) is 87.8 cm³/mol. The number of rotatable bonds is 6. The second-order valence-corrected chi connectivity index (χ2v) is 8.11. The van der Waals surface area contributed by atoms with E-state index in [0.717, 1.165) is 5.56 Å². The molecule has 6 nitrogen and oxygen atoms in total. The molecule has 0 bridgehead atoms. The molecule has 0 radical (unpaired) electrons. The maximum Gasteiger partial charge on any atom is 0.220 e. The number of hydrogen-bond donors (Lipinski definition) is 1. The number of benzene rings is 1. The molecule has 1 aliphatic heterocycles. The van der Waals surface area contributed by atoms with E-state index < -0.39 is 9.84 Å². The van der Waals surface area contributed by atoms with Crippen LogP contribution in [0.4, 0.5) is 0 Å². The Labute approximate surface area is 137 Å². The fraction of sp³-hybridized carbons (Fsp3) is 0.562. The second-order valence-electron chi connectivity index (χ2n) is 5.88. The molecule has 1 saturated heterocycles. The first kappa shape index (κ1) is 17.6. The van der Waals surface area contributed by atoms with E-state index in [1.807, 2.05) is 19.1 Å². The topological polar surface area (TPSA) is 81.7 Å². The maximum atomic E-state index is 12.1. The van der Waals surface area contributed by atoms with Crippen molar-refractivity contribution in [1.82, 2.24) is 5.32 Å². The fourth-order valence-electron chi connectivity index (χ4n) is 2.81. The normalized spacial score (nSPS) is 20.7. The summed E-state index contributed by atoms with van der Waals surface area (Å²) >= 11 is 0. The zero-order valence-corrected chi connectivity index (χ0v) is 14.5. The first-order chi connectivity index (χ1) is 10.8. The van der Waals surface area contributed by atoms with E-state index in [0.29, 0.717) is 17.9 Å². The lowest BCUT2D eigenvalue weighted by Gasteiger charge is -2.17. The minimum atomic E-state index is -2.99. The molecule has 128 valence electrons. The average Bonchev–Trinajstić information content (AvgIpc) is 2.84. The predicted octanol–water partition coefficient (Wildman–Crippen LogP) is 1.50. The number of methoxy groups -OCH3 is 2. The van der Waals surface area contributed by atoms with E-state index in [9.17, 15) is 13.2 Å². The number of sulfone groups is 1. The van der Waals surface area contributed by atoms with Crippen LogP contribution in [0.5, 0.6) is 11.5 Å². The van der Waals surface area contributed by atoms with Gasteiger partial charge < -0.3 is 14.8 Å². The van der Waals surface area contributed by atoms with Crippen molar-refractivity contribution in [2.45, 2.75) is 31.7 Å². The summed E-state index contributed by atoms with van der Waals surface area (Å²) in [6.07, 6.45) is 0.771. The third kappa shape index (κ3) is 4.60. The molecule has 1 aromatic carbocycles. The van der Waals surface area contributed by atoms with Gasteiger partial charge in [0.1, 0.15) is 11.5 Å². The molecule has 1 N–H and O–H groups in total. The van der Waals surface area contributed by atoms with Crippen LogP contribution in [0, 0.1) is 0 Å². The third-order valence-electron chi connectivity index (χ3n) is 4.06. The van der Waals surface area contributed by atoms with Gasteiger partial charge in [-0.2, -0.15) is 0 Å². The molecule has 1 heterocycles. The average molecular weight is 341 g/mol. The van der Waals surface area contributed by atoms with Crippen molar-refractivity contribution >= 4 is 15.7 Å². The molecule has 2 rings (SSSR count). The van der Waals surface area contributed by atoms with Crippen molar-refractivity contribution in [3.05, 3.63) is 23.8 Å². The minimum Gasteiger partial charge on any atom is -0.497 e. The molecule has 1 amide bonds. The highest BCUT2D eigenvalue weighted by molar-refractivity contribution is 7.91. The molecule has 2 atom stereocenters. The molecule has 0 aromatic heterocycles. The Morgan fingerprint density at radius 2 is 2.09 bits per heavy atom. The Balaban J connectivity index is 1.98. The van der Waals surface area contributed by atoms with E-state index in [1.54, 1.807) is 20.3 Å². The molecular formula is C16H23NO5S. The quantitative estimate of drug-likeness (QED) is 0.848. The zero-order chi connectivity index (χ0) is 17.0. The lowest BCUT2D eigenvalue weighted by atomic mass is 9.96. The van der Waals surface area contributed by atoms with Crippen LogP contribution in [0.3, 0.4) is 0 Å². The summed E-state index contributed by atoms with van der Waals surface area (Å²) < 4.78 is 33.4. The lowest BCUT2D eigenvalue weighted by molar-refractivity contribution is -0.121. The highest BCUT2D eigenvalue weighted by Crippen LogP contribution is 2.32. The van der Waals surface area contributed by atoms with Gasteiger partial charge in [0.25, 0.3) is 0 Å². The molecule has 1 aliphatic rings. The zero-order valence-electron chi connectivity index (χ0n) is 13.7. The number of amides is 1. The van der Waals surface area contributed by atoms with Crippen LogP contribution in [0.2, 0.25) is 0 Å². The number of nitrogens with one attached hydrogen (secondary N) is 1. The van der Waals surface area contributed by atoms with Crippen molar-refractivity contribution in [3.63, 3.8) is 0 Å². The summed E-state index contributed by atoms with van der Waals surface area (Å²) in [6, 6.07) is 5.23.